The first-order chi connectivity index (χ1) is 10.8. The molecule has 5 heteroatoms. The summed E-state index contributed by atoms with van der Waals surface area (Å²) in [7, 11) is 0. The van der Waals surface area contributed by atoms with Crippen LogP contribution < -0.4 is 5.32 Å². The van der Waals surface area contributed by atoms with Crippen LogP contribution in [0.2, 0.25) is 0 Å². The molecular formula is C17H17N3O2. The van der Waals surface area contributed by atoms with Gasteiger partial charge in [0.2, 0.25) is 5.91 Å². The highest BCUT2D eigenvalue weighted by Crippen LogP contribution is 2.19. The van der Waals surface area contributed by atoms with Crippen LogP contribution in [0.5, 0.6) is 0 Å². The number of rotatable bonds is 5. The van der Waals surface area contributed by atoms with Crippen molar-refractivity contribution in [2.75, 3.05) is 13.1 Å². The Morgan fingerprint density at radius 3 is 2.77 bits per heavy atom. The minimum absolute atomic E-state index is 0.197. The lowest BCUT2D eigenvalue weighted by Crippen LogP contribution is -2.48. The lowest BCUT2D eigenvalue weighted by atomic mass is 9.95. The molecule has 0 spiro atoms. The van der Waals surface area contributed by atoms with E-state index in [1.165, 1.54) is 10.5 Å². The van der Waals surface area contributed by atoms with Crippen LogP contribution in [-0.4, -0.2) is 35.6 Å². The van der Waals surface area contributed by atoms with Crippen molar-refractivity contribution in [1.29, 1.82) is 0 Å². The Balaban J connectivity index is 1.55. The summed E-state index contributed by atoms with van der Waals surface area (Å²) in [4.78, 5) is 29.5. The van der Waals surface area contributed by atoms with E-state index in [4.69, 9.17) is 0 Å². The van der Waals surface area contributed by atoms with Crippen LogP contribution in [-0.2, 0) is 11.3 Å². The number of hydrogen-bond donors (Lipinski definition) is 1. The fourth-order valence-corrected chi connectivity index (χ4v) is 2.51. The summed E-state index contributed by atoms with van der Waals surface area (Å²) in [6.45, 7) is 1.58. The number of hydrogen-bond acceptors (Lipinski definition) is 3. The zero-order valence-corrected chi connectivity index (χ0v) is 12.1. The number of urea groups is 1. The van der Waals surface area contributed by atoms with Gasteiger partial charge in [-0.05, 0) is 11.6 Å². The van der Waals surface area contributed by atoms with Crippen molar-refractivity contribution in [3.05, 3.63) is 60.2 Å². The molecule has 1 atom stereocenters. The van der Waals surface area contributed by atoms with Gasteiger partial charge in [-0.15, -0.1) is 0 Å². The third kappa shape index (κ3) is 3.04. The van der Waals surface area contributed by atoms with Crippen molar-refractivity contribution in [2.24, 2.45) is 10.9 Å². The summed E-state index contributed by atoms with van der Waals surface area (Å²) in [5.74, 6) is -0.617. The van der Waals surface area contributed by atoms with Crippen molar-refractivity contribution in [3.8, 4) is 0 Å². The Bertz CT molecular complexity index is 662. The first-order valence-electron chi connectivity index (χ1n) is 7.29. The van der Waals surface area contributed by atoms with E-state index < -0.39 is 11.9 Å². The summed E-state index contributed by atoms with van der Waals surface area (Å²) in [6.07, 6.45) is 7.08. The van der Waals surface area contributed by atoms with Crippen LogP contribution >= 0.6 is 0 Å². The van der Waals surface area contributed by atoms with Crippen LogP contribution in [0, 0.1) is 5.92 Å². The maximum absolute atomic E-state index is 12.3. The van der Waals surface area contributed by atoms with E-state index >= 15 is 0 Å². The van der Waals surface area contributed by atoms with Gasteiger partial charge in [0.05, 0.1) is 11.6 Å². The smallest absolute Gasteiger partial charge is 0.311 e. The number of amides is 3. The number of allylic oxidation sites excluding steroid dienone is 3. The lowest BCUT2D eigenvalue weighted by Gasteiger charge is -2.28. The Kier molecular flexibility index (Phi) is 4.25. The standard InChI is InChI=1S/C17H17N3O2/c21-16-14-8-4-5-9-15(14)19-17(22)20(16)11-10-18-12-13-6-2-1-3-7-13/h1-9,14,18H,10-12H2. The van der Waals surface area contributed by atoms with Crippen molar-refractivity contribution in [3.63, 3.8) is 0 Å². The molecule has 0 saturated heterocycles. The normalized spacial score (nSPS) is 20.1. The van der Waals surface area contributed by atoms with E-state index in [1.807, 2.05) is 36.4 Å². The first kappa shape index (κ1) is 14.4. The highest BCUT2D eigenvalue weighted by molar-refractivity contribution is 6.21. The summed E-state index contributed by atoms with van der Waals surface area (Å²) < 4.78 is 0. The van der Waals surface area contributed by atoms with Crippen LogP contribution in [0.4, 0.5) is 4.79 Å². The van der Waals surface area contributed by atoms with Gasteiger partial charge in [0.25, 0.3) is 0 Å². The summed E-state index contributed by atoms with van der Waals surface area (Å²) in [5, 5.41) is 3.24. The largest absolute Gasteiger partial charge is 0.350 e. The number of imide groups is 1. The highest BCUT2D eigenvalue weighted by Gasteiger charge is 2.35. The molecule has 2 aliphatic rings. The van der Waals surface area contributed by atoms with Gasteiger partial charge in [-0.25, -0.2) is 4.79 Å². The van der Waals surface area contributed by atoms with Crippen molar-refractivity contribution in [2.45, 2.75) is 6.54 Å². The van der Waals surface area contributed by atoms with Crippen LogP contribution in [0.25, 0.3) is 0 Å². The summed E-state index contributed by atoms with van der Waals surface area (Å²) in [6, 6.07) is 9.51. The van der Waals surface area contributed by atoms with Gasteiger partial charge in [-0.1, -0.05) is 48.6 Å². The van der Waals surface area contributed by atoms with Crippen molar-refractivity contribution >= 4 is 17.6 Å². The molecule has 0 aromatic heterocycles. The Morgan fingerprint density at radius 2 is 1.95 bits per heavy atom. The van der Waals surface area contributed by atoms with E-state index in [9.17, 15) is 9.59 Å². The van der Waals surface area contributed by atoms with E-state index in [0.717, 1.165) is 0 Å². The third-order valence-corrected chi connectivity index (χ3v) is 3.67. The zero-order chi connectivity index (χ0) is 15.4. The molecule has 1 heterocycles. The van der Waals surface area contributed by atoms with Crippen molar-refractivity contribution < 1.29 is 9.59 Å². The fourth-order valence-electron chi connectivity index (χ4n) is 2.51. The second-order valence-electron chi connectivity index (χ2n) is 5.19. The number of carbonyl (C=O) groups is 2. The number of carbonyl (C=O) groups excluding carboxylic acids is 2. The third-order valence-electron chi connectivity index (χ3n) is 3.67. The molecule has 22 heavy (non-hydrogen) atoms. The van der Waals surface area contributed by atoms with E-state index in [1.54, 1.807) is 18.2 Å². The number of aliphatic imine (C=N–C) groups is 1. The molecule has 3 amide bonds. The van der Waals surface area contributed by atoms with Gasteiger partial charge in [0, 0.05) is 19.6 Å². The molecule has 0 saturated carbocycles. The monoisotopic (exact) mass is 295 g/mol. The quantitative estimate of drug-likeness (QED) is 0.844. The van der Waals surface area contributed by atoms with E-state index in [2.05, 4.69) is 10.3 Å². The molecule has 1 aliphatic heterocycles. The average molecular weight is 295 g/mol. The predicted octanol–water partition coefficient (Wildman–Crippen LogP) is 1.92. The summed E-state index contributed by atoms with van der Waals surface area (Å²) in [5.41, 5.74) is 1.70. The van der Waals surface area contributed by atoms with Crippen LogP contribution in [0.3, 0.4) is 0 Å². The van der Waals surface area contributed by atoms with Gasteiger partial charge < -0.3 is 5.32 Å². The van der Waals surface area contributed by atoms with Gasteiger partial charge in [-0.2, -0.15) is 4.99 Å². The molecule has 1 N–H and O–H groups in total. The summed E-state index contributed by atoms with van der Waals surface area (Å²) >= 11 is 0. The van der Waals surface area contributed by atoms with Crippen LogP contribution in [0.1, 0.15) is 5.56 Å². The molecule has 5 nitrogen and oxygen atoms in total. The number of nitrogens with zero attached hydrogens (tertiary/aromatic N) is 2. The Labute approximate surface area is 129 Å². The molecule has 1 aromatic rings. The minimum Gasteiger partial charge on any atom is -0.311 e. The molecule has 0 radical (unpaired) electrons. The molecule has 1 unspecified atom stereocenters. The minimum atomic E-state index is -0.474. The predicted molar refractivity (Wildman–Crippen MR) is 84.5 cm³/mol. The topological polar surface area (TPSA) is 61.8 Å². The van der Waals surface area contributed by atoms with Gasteiger partial charge in [-0.3, -0.25) is 9.69 Å². The maximum atomic E-state index is 12.3. The fraction of sp³-hybridized carbons (Fsp3) is 0.235. The van der Waals surface area contributed by atoms with Gasteiger partial charge >= 0.3 is 6.03 Å². The Morgan fingerprint density at radius 1 is 1.14 bits per heavy atom. The Hall–Kier alpha value is -2.53. The van der Waals surface area contributed by atoms with Gasteiger partial charge in [0.15, 0.2) is 0 Å². The number of benzene rings is 1. The SMILES string of the molecule is O=C1N=C2C=CC=CC2C(=O)N1CCNCc1ccccc1. The molecule has 1 aliphatic carbocycles. The van der Waals surface area contributed by atoms with Crippen LogP contribution in [0.15, 0.2) is 59.6 Å². The van der Waals surface area contributed by atoms with E-state index in [-0.39, 0.29) is 5.91 Å². The maximum Gasteiger partial charge on any atom is 0.350 e. The van der Waals surface area contributed by atoms with Gasteiger partial charge in [0.1, 0.15) is 0 Å². The highest BCUT2D eigenvalue weighted by atomic mass is 16.2. The lowest BCUT2D eigenvalue weighted by molar-refractivity contribution is -0.129. The number of fused-ring (bicyclic) bond motifs is 1. The first-order valence-corrected chi connectivity index (χ1v) is 7.29. The van der Waals surface area contributed by atoms with Crippen molar-refractivity contribution in [1.82, 2.24) is 10.2 Å². The number of nitrogens with one attached hydrogen (secondary N) is 1. The molecule has 0 bridgehead atoms. The second-order valence-corrected chi connectivity index (χ2v) is 5.19. The second kappa shape index (κ2) is 6.49. The zero-order valence-electron chi connectivity index (χ0n) is 12.1. The molecule has 112 valence electrons. The molecule has 0 fully saturated rings. The molecule has 1 aromatic carbocycles. The molecule has 3 rings (SSSR count). The average Bonchev–Trinajstić information content (AvgIpc) is 2.55. The molecular weight excluding hydrogens is 278 g/mol. The van der Waals surface area contributed by atoms with E-state index in [0.29, 0.717) is 25.3 Å².